The lowest BCUT2D eigenvalue weighted by Gasteiger charge is -2.60. The van der Waals surface area contributed by atoms with Gasteiger partial charge in [-0.2, -0.15) is 13.2 Å². The number of carbonyl (C=O) groups is 1. The van der Waals surface area contributed by atoms with Gasteiger partial charge in [0.15, 0.2) is 0 Å². The van der Waals surface area contributed by atoms with Crippen molar-refractivity contribution in [1.82, 2.24) is 56.4 Å². The molecule has 1 amide bonds. The molecule has 6 aliphatic rings. The Labute approximate surface area is 530 Å². The van der Waals surface area contributed by atoms with Gasteiger partial charge in [0.25, 0.3) is 0 Å². The summed E-state index contributed by atoms with van der Waals surface area (Å²) in [5.74, 6) is 2.33. The van der Waals surface area contributed by atoms with Crippen LogP contribution in [0.4, 0.5) is 13.2 Å². The first-order chi connectivity index (χ1) is 41.5. The number of aryl methyl sites for hydroxylation is 1. The predicted octanol–water partition coefficient (Wildman–Crippen LogP) is 12.5. The molecule has 1 aromatic carbocycles. The fourth-order valence-electron chi connectivity index (χ4n) is 15.2. The van der Waals surface area contributed by atoms with Crippen LogP contribution < -0.4 is 31.9 Å². The number of fused-ring (bicyclic) bond motifs is 2. The standard InChI is InChI=1S/C70H118ClF3N12O/c1-14-50(6)64-43-79-63(40-48(2)3)52(8)78-44-65-66(68(87)84-36-18-15-19-37-84)55(11)86(65)67(49(4)5)53(9)81-69(30-16-17-31-69)47-76-34-33-75-32-29-58(27-25-57-26-28-61(62(71)42-57)70(72,73)74)77-35-39-82(12)45-60(41-56-22-20-23-56)83(13)46-59-24-21-38-85(59)54(10)51(7)80-64/h26,28-29,32,35,39,42,45-46,48-56,63-67,75-76,78-81H,14-25,27,30-31,33-34,36-38,40-41,43-44,47H2,1-13H3/t50-,51?,52?,53?,54-,55?,63-,64+,65?,66-,67-/m0/s1. The van der Waals surface area contributed by atoms with E-state index in [0.29, 0.717) is 49.0 Å². The van der Waals surface area contributed by atoms with Crippen LogP contribution in [0.5, 0.6) is 0 Å². The molecular formula is C70H118ClF3N12O. The summed E-state index contributed by atoms with van der Waals surface area (Å²) in [6.45, 7) is 32.9. The predicted molar refractivity (Wildman–Crippen MR) is 356 cm³/mol. The van der Waals surface area contributed by atoms with Crippen molar-refractivity contribution in [3.05, 3.63) is 82.8 Å². The lowest BCUT2D eigenvalue weighted by molar-refractivity contribution is -0.162. The number of halogens is 4. The largest absolute Gasteiger partial charge is 0.417 e. The molecule has 6 N–H and O–H groups in total. The Morgan fingerprint density at radius 1 is 0.839 bits per heavy atom. The average Bonchev–Trinajstić information content (AvgIpc) is 1.29. The van der Waals surface area contributed by atoms with Gasteiger partial charge in [0, 0.05) is 168 Å². The molecule has 7 rings (SSSR count). The van der Waals surface area contributed by atoms with Crippen LogP contribution in [0.25, 0.3) is 0 Å². The molecule has 2 saturated carbocycles. The van der Waals surface area contributed by atoms with Crippen LogP contribution in [-0.4, -0.2) is 162 Å². The van der Waals surface area contributed by atoms with Gasteiger partial charge in [-0.25, -0.2) is 0 Å². The Hall–Kier alpha value is -3.64. The highest BCUT2D eigenvalue weighted by atomic mass is 35.5. The maximum atomic E-state index is 14.8. The molecule has 5 unspecified atom stereocenters. The van der Waals surface area contributed by atoms with Crippen molar-refractivity contribution in [2.75, 3.05) is 66.5 Å². The van der Waals surface area contributed by atoms with E-state index in [1.54, 1.807) is 0 Å². The number of amides is 1. The molecule has 4 aliphatic heterocycles. The van der Waals surface area contributed by atoms with Gasteiger partial charge in [-0.1, -0.05) is 97.7 Å². The van der Waals surface area contributed by atoms with E-state index >= 15 is 0 Å². The van der Waals surface area contributed by atoms with Gasteiger partial charge in [-0.3, -0.25) is 14.7 Å². The second kappa shape index (κ2) is 33.6. The van der Waals surface area contributed by atoms with Gasteiger partial charge in [0.1, 0.15) is 0 Å². The molecule has 0 bridgehead atoms. The van der Waals surface area contributed by atoms with Crippen LogP contribution in [0.15, 0.2) is 71.7 Å². The first kappa shape index (κ1) is 70.8. The summed E-state index contributed by atoms with van der Waals surface area (Å²) in [4.78, 5) is 31.8. The highest BCUT2D eigenvalue weighted by Crippen LogP contribution is 2.41. The summed E-state index contributed by atoms with van der Waals surface area (Å²) in [6.07, 6.45) is 26.0. The van der Waals surface area contributed by atoms with E-state index in [1.807, 2.05) is 24.7 Å². The van der Waals surface area contributed by atoms with Crippen LogP contribution in [0.2, 0.25) is 5.02 Å². The summed E-state index contributed by atoms with van der Waals surface area (Å²) in [5.41, 5.74) is 3.30. The Morgan fingerprint density at radius 3 is 2.23 bits per heavy atom. The zero-order valence-corrected chi connectivity index (χ0v) is 56.8. The summed E-state index contributed by atoms with van der Waals surface area (Å²) >= 11 is 6.18. The van der Waals surface area contributed by atoms with Crippen molar-refractivity contribution in [3.63, 3.8) is 0 Å². The number of piperidine rings is 1. The fourth-order valence-corrected chi connectivity index (χ4v) is 15.5. The van der Waals surface area contributed by atoms with E-state index in [0.717, 1.165) is 121 Å². The number of benzene rings is 1. The minimum absolute atomic E-state index is 0.0385. The number of aliphatic imine (C=N–C) groups is 1. The zero-order valence-electron chi connectivity index (χ0n) is 56.1. The smallest absolute Gasteiger partial charge is 0.390 e. The number of likely N-dealkylation sites (tertiary alicyclic amines) is 1. The maximum absolute atomic E-state index is 14.8. The van der Waals surface area contributed by atoms with Crippen LogP contribution in [-0.2, 0) is 17.4 Å². The second-order valence-corrected chi connectivity index (χ2v) is 28.8. The highest BCUT2D eigenvalue weighted by Gasteiger charge is 2.55. The molecule has 11 atom stereocenters. The van der Waals surface area contributed by atoms with Crippen LogP contribution in [0, 0.1) is 29.6 Å². The molecule has 1 spiro atoms. The number of allylic oxidation sites excluding steroid dienone is 3. The Morgan fingerprint density at radius 2 is 1.57 bits per heavy atom. The number of carbonyl (C=O) groups excluding carboxylic acids is 1. The Balaban J connectivity index is 1.18. The third-order valence-electron chi connectivity index (χ3n) is 20.9. The molecule has 2 aliphatic carbocycles. The van der Waals surface area contributed by atoms with Gasteiger partial charge in [0.05, 0.1) is 16.5 Å². The van der Waals surface area contributed by atoms with Crippen molar-refractivity contribution < 1.29 is 18.0 Å². The fraction of sp³-hybridized carbons (Fsp3) is 0.771. The molecule has 0 aromatic heterocycles. The summed E-state index contributed by atoms with van der Waals surface area (Å²) in [7, 11) is 4.27. The van der Waals surface area contributed by atoms with E-state index in [1.165, 1.54) is 62.1 Å². The molecule has 87 heavy (non-hydrogen) atoms. The third kappa shape index (κ3) is 19.9. The monoisotopic (exact) mass is 1230 g/mol. The number of hydrogen-bond donors (Lipinski definition) is 6. The molecule has 17 heteroatoms. The van der Waals surface area contributed by atoms with Crippen molar-refractivity contribution >= 4 is 23.2 Å². The van der Waals surface area contributed by atoms with Gasteiger partial charge in [-0.15, -0.1) is 0 Å². The molecule has 4 heterocycles. The average molecular weight is 1240 g/mol. The second-order valence-electron chi connectivity index (χ2n) is 28.4. The molecule has 492 valence electrons. The van der Waals surface area contributed by atoms with Crippen molar-refractivity contribution in [2.24, 2.45) is 34.6 Å². The first-order valence-electron chi connectivity index (χ1n) is 34.4. The minimum Gasteiger partial charge on any atom is -0.390 e. The molecular weight excluding hydrogens is 1120 g/mol. The SMILES string of the molecule is CC[C@H](C)[C@H]1CN[C@@H](CC(C)C)C(C)NCC2[C@@H](C(=O)N3CCCCC3)C(C)N2[C@@H](C(C)C)C(C)NC2(CCCC2)CNCCNC=CC(CCc2ccc(C(F)(F)F)c(Cl)c2)=NC=CN(C)C=C(CC2CCC2)N(C)C=C2CCCN2[C@@H](C)C(C)N1. The van der Waals surface area contributed by atoms with E-state index in [4.69, 9.17) is 16.6 Å². The number of alkyl halides is 3. The lowest BCUT2D eigenvalue weighted by Crippen LogP contribution is -2.76. The van der Waals surface area contributed by atoms with E-state index in [9.17, 15) is 18.0 Å². The Bertz CT molecular complexity index is 2430. The van der Waals surface area contributed by atoms with Crippen molar-refractivity contribution in [3.8, 4) is 0 Å². The number of rotatable bonds is 11. The molecule has 1 aromatic rings. The van der Waals surface area contributed by atoms with E-state index in [2.05, 4.69) is 159 Å². The van der Waals surface area contributed by atoms with E-state index < -0.39 is 11.7 Å². The normalized spacial score (nSPS) is 30.2. The lowest BCUT2D eigenvalue weighted by atomic mass is 9.74. The van der Waals surface area contributed by atoms with Crippen LogP contribution in [0.1, 0.15) is 190 Å². The summed E-state index contributed by atoms with van der Waals surface area (Å²) in [5, 5.41) is 23.9. The maximum Gasteiger partial charge on any atom is 0.417 e. The van der Waals surface area contributed by atoms with Gasteiger partial charge in [0.2, 0.25) is 5.91 Å². The van der Waals surface area contributed by atoms with Crippen molar-refractivity contribution in [2.45, 2.75) is 251 Å². The van der Waals surface area contributed by atoms with Crippen LogP contribution in [0.3, 0.4) is 0 Å². The number of hydrogen-bond acceptors (Lipinski definition) is 12. The minimum atomic E-state index is -4.51. The molecule has 5 fully saturated rings. The highest BCUT2D eigenvalue weighted by molar-refractivity contribution is 6.31. The number of nitrogens with zero attached hydrogens (tertiary/aromatic N) is 6. The van der Waals surface area contributed by atoms with Crippen molar-refractivity contribution in [1.29, 1.82) is 0 Å². The third-order valence-corrected chi connectivity index (χ3v) is 21.2. The molecule has 3 saturated heterocycles. The quantitative estimate of drug-likeness (QED) is 0.127. The van der Waals surface area contributed by atoms with Crippen LogP contribution >= 0.6 is 11.6 Å². The topological polar surface area (TPSA) is 118 Å². The Kier molecular flexibility index (Phi) is 27.4. The van der Waals surface area contributed by atoms with Gasteiger partial charge >= 0.3 is 6.18 Å². The zero-order chi connectivity index (χ0) is 63.0. The first-order valence-corrected chi connectivity index (χ1v) is 34.8. The molecule has 0 radical (unpaired) electrons. The van der Waals surface area contributed by atoms with Gasteiger partial charge < -0.3 is 51.5 Å². The van der Waals surface area contributed by atoms with Gasteiger partial charge in [-0.05, 0) is 159 Å². The number of nitrogens with one attached hydrogen (secondary N) is 6. The summed E-state index contributed by atoms with van der Waals surface area (Å²) in [6, 6.07) is 5.95. The van der Waals surface area contributed by atoms with E-state index in [-0.39, 0.29) is 70.9 Å². The molecule has 13 nitrogen and oxygen atoms in total. The summed E-state index contributed by atoms with van der Waals surface area (Å²) < 4.78 is 40.9.